The molecule has 0 aliphatic rings. The quantitative estimate of drug-likeness (QED) is 0.840. The minimum absolute atomic E-state index is 0.826. The third kappa shape index (κ3) is 1.72. The first-order valence-corrected chi connectivity index (χ1v) is 6.00. The van der Waals surface area contributed by atoms with Gasteiger partial charge in [0.05, 0.1) is 5.52 Å². The average molecular weight is 237 g/mol. The Labute approximate surface area is 101 Å². The summed E-state index contributed by atoms with van der Waals surface area (Å²) >= 11 is 6.13. The standard InChI is InChI=1S/C13H17ClN2/c1-4-9-10-5-6-11(14)8(2)13(10)16-12(9)7-15-3/h5-6,15-16H,4,7H2,1-3H3. The van der Waals surface area contributed by atoms with Crippen molar-refractivity contribution in [1.82, 2.24) is 10.3 Å². The van der Waals surface area contributed by atoms with E-state index in [1.54, 1.807) is 0 Å². The zero-order chi connectivity index (χ0) is 11.7. The summed E-state index contributed by atoms with van der Waals surface area (Å²) in [6, 6.07) is 4.09. The van der Waals surface area contributed by atoms with Crippen LogP contribution in [0.4, 0.5) is 0 Å². The van der Waals surface area contributed by atoms with Crippen LogP contribution in [0.1, 0.15) is 23.7 Å². The van der Waals surface area contributed by atoms with Gasteiger partial charge in [-0.2, -0.15) is 0 Å². The summed E-state index contributed by atoms with van der Waals surface area (Å²) in [6.07, 6.45) is 1.04. The van der Waals surface area contributed by atoms with Crippen LogP contribution in [0.2, 0.25) is 5.02 Å². The molecule has 0 fully saturated rings. The first kappa shape index (κ1) is 11.5. The number of benzene rings is 1. The molecule has 0 radical (unpaired) electrons. The molecule has 1 heterocycles. The predicted octanol–water partition coefficient (Wildman–Crippen LogP) is 3.41. The van der Waals surface area contributed by atoms with Crippen LogP contribution >= 0.6 is 11.6 Å². The van der Waals surface area contributed by atoms with E-state index in [1.807, 2.05) is 13.1 Å². The lowest BCUT2D eigenvalue weighted by Gasteiger charge is -2.00. The minimum Gasteiger partial charge on any atom is -0.357 e. The molecule has 3 heteroatoms. The second-order valence-corrected chi connectivity index (χ2v) is 4.47. The highest BCUT2D eigenvalue weighted by molar-refractivity contribution is 6.32. The van der Waals surface area contributed by atoms with Crippen molar-refractivity contribution in [2.24, 2.45) is 0 Å². The lowest BCUT2D eigenvalue weighted by atomic mass is 10.1. The molecule has 0 atom stereocenters. The number of rotatable bonds is 3. The summed E-state index contributed by atoms with van der Waals surface area (Å²) < 4.78 is 0. The molecule has 0 spiro atoms. The number of fused-ring (bicyclic) bond motifs is 1. The SMILES string of the molecule is CCc1c(CNC)[nH]c2c(C)c(Cl)ccc12. The van der Waals surface area contributed by atoms with Gasteiger partial charge in [0.1, 0.15) is 0 Å². The Bertz CT molecular complexity index is 514. The molecule has 2 nitrogen and oxygen atoms in total. The third-order valence-corrected chi connectivity index (χ3v) is 3.48. The van der Waals surface area contributed by atoms with E-state index in [-0.39, 0.29) is 0 Å². The van der Waals surface area contributed by atoms with Crippen LogP contribution in [0.25, 0.3) is 10.9 Å². The molecule has 2 N–H and O–H groups in total. The normalized spacial score (nSPS) is 11.2. The largest absolute Gasteiger partial charge is 0.357 e. The number of aromatic nitrogens is 1. The molecule has 16 heavy (non-hydrogen) atoms. The van der Waals surface area contributed by atoms with Gasteiger partial charge >= 0.3 is 0 Å². The maximum atomic E-state index is 6.13. The molecule has 0 saturated heterocycles. The maximum Gasteiger partial charge on any atom is 0.0504 e. The van der Waals surface area contributed by atoms with Crippen molar-refractivity contribution in [2.75, 3.05) is 7.05 Å². The fourth-order valence-electron chi connectivity index (χ4n) is 2.22. The fraction of sp³-hybridized carbons (Fsp3) is 0.385. The number of H-pyrrole nitrogens is 1. The van der Waals surface area contributed by atoms with Crippen LogP contribution in [0.15, 0.2) is 12.1 Å². The van der Waals surface area contributed by atoms with Crippen molar-refractivity contribution in [3.63, 3.8) is 0 Å². The number of hydrogen-bond donors (Lipinski definition) is 2. The summed E-state index contributed by atoms with van der Waals surface area (Å²) in [6.45, 7) is 5.12. The number of hydrogen-bond acceptors (Lipinski definition) is 1. The van der Waals surface area contributed by atoms with E-state index in [1.165, 1.54) is 22.2 Å². The lowest BCUT2D eigenvalue weighted by molar-refractivity contribution is 0.788. The summed E-state index contributed by atoms with van der Waals surface area (Å²) in [5.74, 6) is 0. The van der Waals surface area contributed by atoms with Gasteiger partial charge in [-0.05, 0) is 37.6 Å². The molecule has 2 rings (SSSR count). The predicted molar refractivity (Wildman–Crippen MR) is 70.2 cm³/mol. The molecular weight excluding hydrogens is 220 g/mol. The van der Waals surface area contributed by atoms with E-state index >= 15 is 0 Å². The van der Waals surface area contributed by atoms with Gasteiger partial charge in [0, 0.05) is 22.6 Å². The molecule has 1 aromatic carbocycles. The van der Waals surface area contributed by atoms with E-state index in [0.717, 1.165) is 23.6 Å². The van der Waals surface area contributed by atoms with Crippen LogP contribution in [0, 0.1) is 6.92 Å². The highest BCUT2D eigenvalue weighted by atomic mass is 35.5. The first-order chi connectivity index (χ1) is 7.69. The van der Waals surface area contributed by atoms with Gasteiger partial charge in [-0.1, -0.05) is 24.6 Å². The van der Waals surface area contributed by atoms with E-state index in [4.69, 9.17) is 11.6 Å². The Morgan fingerprint density at radius 2 is 2.12 bits per heavy atom. The Morgan fingerprint density at radius 1 is 1.38 bits per heavy atom. The Hall–Kier alpha value is -0.990. The first-order valence-electron chi connectivity index (χ1n) is 5.62. The summed E-state index contributed by atoms with van der Waals surface area (Å²) in [7, 11) is 1.96. The van der Waals surface area contributed by atoms with E-state index in [9.17, 15) is 0 Å². The van der Waals surface area contributed by atoms with Crippen molar-refractivity contribution in [3.05, 3.63) is 34.0 Å². The number of aromatic amines is 1. The molecule has 0 amide bonds. The monoisotopic (exact) mass is 236 g/mol. The van der Waals surface area contributed by atoms with Crippen molar-refractivity contribution in [1.29, 1.82) is 0 Å². The molecule has 0 aliphatic carbocycles. The van der Waals surface area contributed by atoms with Gasteiger partial charge in [-0.15, -0.1) is 0 Å². The zero-order valence-electron chi connectivity index (χ0n) is 9.95. The maximum absolute atomic E-state index is 6.13. The molecule has 0 unspecified atom stereocenters. The van der Waals surface area contributed by atoms with Gasteiger partial charge in [-0.25, -0.2) is 0 Å². The van der Waals surface area contributed by atoms with Gasteiger partial charge in [0.2, 0.25) is 0 Å². The molecule has 0 aliphatic heterocycles. The summed E-state index contributed by atoms with van der Waals surface area (Å²) in [5.41, 5.74) is 4.97. The van der Waals surface area contributed by atoms with Gasteiger partial charge < -0.3 is 10.3 Å². The van der Waals surface area contributed by atoms with Crippen molar-refractivity contribution in [3.8, 4) is 0 Å². The van der Waals surface area contributed by atoms with Crippen molar-refractivity contribution < 1.29 is 0 Å². The van der Waals surface area contributed by atoms with Gasteiger partial charge in [0.15, 0.2) is 0 Å². The van der Waals surface area contributed by atoms with Crippen LogP contribution in [-0.4, -0.2) is 12.0 Å². The highest BCUT2D eigenvalue weighted by Gasteiger charge is 2.11. The van der Waals surface area contributed by atoms with Crippen LogP contribution < -0.4 is 5.32 Å². The molecule has 0 bridgehead atoms. The molecule has 0 saturated carbocycles. The lowest BCUT2D eigenvalue weighted by Crippen LogP contribution is -2.07. The number of halogens is 1. The molecule has 2 aromatic rings. The zero-order valence-corrected chi connectivity index (χ0v) is 10.7. The van der Waals surface area contributed by atoms with E-state index < -0.39 is 0 Å². The Morgan fingerprint density at radius 3 is 2.75 bits per heavy atom. The summed E-state index contributed by atoms with van der Waals surface area (Å²) in [5, 5.41) is 5.32. The third-order valence-electron chi connectivity index (χ3n) is 3.07. The summed E-state index contributed by atoms with van der Waals surface area (Å²) in [4.78, 5) is 3.48. The average Bonchev–Trinajstić information content (AvgIpc) is 2.62. The second kappa shape index (κ2) is 4.48. The molecule has 86 valence electrons. The molecule has 1 aromatic heterocycles. The smallest absolute Gasteiger partial charge is 0.0504 e. The minimum atomic E-state index is 0.826. The van der Waals surface area contributed by atoms with Gasteiger partial charge in [-0.3, -0.25) is 0 Å². The fourth-order valence-corrected chi connectivity index (χ4v) is 2.38. The van der Waals surface area contributed by atoms with Crippen LogP contribution in [0.3, 0.4) is 0 Å². The topological polar surface area (TPSA) is 27.8 Å². The molecular formula is C13H17ClN2. The van der Waals surface area contributed by atoms with Crippen molar-refractivity contribution >= 4 is 22.5 Å². The van der Waals surface area contributed by atoms with Crippen LogP contribution in [-0.2, 0) is 13.0 Å². The van der Waals surface area contributed by atoms with Crippen LogP contribution in [0.5, 0.6) is 0 Å². The Kier molecular flexibility index (Phi) is 3.22. The highest BCUT2D eigenvalue weighted by Crippen LogP contribution is 2.29. The number of nitrogens with one attached hydrogen (secondary N) is 2. The number of aryl methyl sites for hydroxylation is 2. The van der Waals surface area contributed by atoms with Gasteiger partial charge in [0.25, 0.3) is 0 Å². The Balaban J connectivity index is 2.71. The van der Waals surface area contributed by atoms with Crippen molar-refractivity contribution in [2.45, 2.75) is 26.8 Å². The van der Waals surface area contributed by atoms with E-state index in [2.05, 4.69) is 30.2 Å². The second-order valence-electron chi connectivity index (χ2n) is 4.06. The van der Waals surface area contributed by atoms with E-state index in [0.29, 0.717) is 0 Å².